The Bertz CT molecular complexity index is 1040. The van der Waals surface area contributed by atoms with Crippen LogP contribution in [0.2, 0.25) is 0 Å². The predicted molar refractivity (Wildman–Crippen MR) is 105 cm³/mol. The summed E-state index contributed by atoms with van der Waals surface area (Å²) < 4.78 is 13.4. The average Bonchev–Trinajstić information content (AvgIpc) is 3.33. The van der Waals surface area contributed by atoms with Crippen molar-refractivity contribution in [3.05, 3.63) is 39.9 Å². The highest BCUT2D eigenvalue weighted by Gasteiger charge is 2.38. The smallest absolute Gasteiger partial charge is 0.261 e. The van der Waals surface area contributed by atoms with Crippen LogP contribution in [0.15, 0.2) is 28.0 Å². The standard InChI is InChI=1S/C20H19N3O3S/c24-19-16-4-2-14(1-3-15-12-21-13-27-15)11-17(16)22-18-5-6-20(7-8-23(18)19)25-9-10-26-20/h2,4,11,13,15H,5-10,12H2. The molecule has 4 heterocycles. The van der Waals surface area contributed by atoms with Crippen LogP contribution in [0.1, 0.15) is 24.2 Å². The predicted octanol–water partition coefficient (Wildman–Crippen LogP) is 1.97. The van der Waals surface area contributed by atoms with E-state index in [1.165, 1.54) is 0 Å². The second-order valence-electron chi connectivity index (χ2n) is 6.94. The van der Waals surface area contributed by atoms with Gasteiger partial charge in [-0.3, -0.25) is 14.4 Å². The van der Waals surface area contributed by atoms with Gasteiger partial charge >= 0.3 is 0 Å². The van der Waals surface area contributed by atoms with Gasteiger partial charge in [0.25, 0.3) is 5.56 Å². The molecule has 0 aliphatic carbocycles. The van der Waals surface area contributed by atoms with Gasteiger partial charge < -0.3 is 9.47 Å². The van der Waals surface area contributed by atoms with Crippen molar-refractivity contribution in [1.82, 2.24) is 9.55 Å². The molecule has 0 saturated carbocycles. The molecule has 2 aromatic rings. The first-order chi connectivity index (χ1) is 13.2. The van der Waals surface area contributed by atoms with E-state index in [0.29, 0.717) is 43.5 Å². The molecule has 1 spiro atoms. The van der Waals surface area contributed by atoms with Gasteiger partial charge in [-0.15, -0.1) is 0 Å². The quantitative estimate of drug-likeness (QED) is 0.653. The fourth-order valence-electron chi connectivity index (χ4n) is 3.80. The number of thioether (sulfide) groups is 1. The Morgan fingerprint density at radius 2 is 2.15 bits per heavy atom. The third-order valence-electron chi connectivity index (χ3n) is 5.24. The van der Waals surface area contributed by atoms with Gasteiger partial charge in [-0.2, -0.15) is 0 Å². The Hall–Kier alpha value is -2.14. The molecule has 5 rings (SSSR count). The summed E-state index contributed by atoms with van der Waals surface area (Å²) in [5.74, 6) is 6.66. The molecular formula is C20H19N3O3S. The van der Waals surface area contributed by atoms with Crippen LogP contribution in [0.25, 0.3) is 10.9 Å². The first-order valence-corrected chi connectivity index (χ1v) is 10.1. The minimum Gasteiger partial charge on any atom is -0.347 e. The third-order valence-corrected chi connectivity index (χ3v) is 6.11. The minimum absolute atomic E-state index is 0.00399. The lowest BCUT2D eigenvalue weighted by atomic mass is 10.1. The number of fused-ring (bicyclic) bond motifs is 2. The van der Waals surface area contributed by atoms with E-state index in [9.17, 15) is 4.79 Å². The Labute approximate surface area is 161 Å². The normalized spacial score (nSPS) is 23.2. The second kappa shape index (κ2) is 6.79. The maximum Gasteiger partial charge on any atom is 0.261 e. The van der Waals surface area contributed by atoms with Gasteiger partial charge in [0.05, 0.1) is 41.5 Å². The highest BCUT2D eigenvalue weighted by Crippen LogP contribution is 2.31. The van der Waals surface area contributed by atoms with Gasteiger partial charge in [0.1, 0.15) is 5.82 Å². The van der Waals surface area contributed by atoms with E-state index in [4.69, 9.17) is 14.5 Å². The van der Waals surface area contributed by atoms with Crippen molar-refractivity contribution >= 4 is 28.2 Å². The Morgan fingerprint density at radius 1 is 1.26 bits per heavy atom. The van der Waals surface area contributed by atoms with Gasteiger partial charge in [0.2, 0.25) is 0 Å². The number of benzene rings is 1. The molecule has 3 aliphatic rings. The van der Waals surface area contributed by atoms with Crippen molar-refractivity contribution in [2.45, 2.75) is 36.8 Å². The molecule has 7 heteroatoms. The van der Waals surface area contributed by atoms with Crippen molar-refractivity contribution in [3.8, 4) is 11.8 Å². The number of ether oxygens (including phenoxy) is 2. The van der Waals surface area contributed by atoms with E-state index < -0.39 is 5.79 Å². The number of hydrogen-bond donors (Lipinski definition) is 0. The number of aromatic nitrogens is 2. The van der Waals surface area contributed by atoms with Crippen LogP contribution >= 0.6 is 11.8 Å². The molecule has 0 bridgehead atoms. The molecule has 6 nitrogen and oxygen atoms in total. The molecule has 0 amide bonds. The summed E-state index contributed by atoms with van der Waals surface area (Å²) in [6.45, 7) is 2.54. The lowest BCUT2D eigenvalue weighted by Gasteiger charge is -2.24. The third kappa shape index (κ3) is 3.18. The van der Waals surface area contributed by atoms with Crippen molar-refractivity contribution in [3.63, 3.8) is 0 Å². The Balaban J connectivity index is 1.49. The second-order valence-corrected chi connectivity index (χ2v) is 7.99. The molecule has 138 valence electrons. The fourth-order valence-corrected chi connectivity index (χ4v) is 4.42. The van der Waals surface area contributed by atoms with Gasteiger partial charge in [0, 0.05) is 31.4 Å². The van der Waals surface area contributed by atoms with E-state index in [0.717, 1.165) is 24.4 Å². The number of rotatable bonds is 0. The average molecular weight is 381 g/mol. The van der Waals surface area contributed by atoms with E-state index in [1.807, 2.05) is 23.7 Å². The van der Waals surface area contributed by atoms with Crippen molar-refractivity contribution < 1.29 is 9.47 Å². The molecule has 3 aliphatic heterocycles. The zero-order chi connectivity index (χ0) is 18.3. The molecule has 1 saturated heterocycles. The van der Waals surface area contributed by atoms with Crippen LogP contribution in [0.5, 0.6) is 0 Å². The molecule has 0 N–H and O–H groups in total. The van der Waals surface area contributed by atoms with Crippen LogP contribution in [0.4, 0.5) is 0 Å². The summed E-state index contributed by atoms with van der Waals surface area (Å²) in [4.78, 5) is 22.0. The van der Waals surface area contributed by atoms with Gasteiger partial charge in [-0.05, 0) is 18.2 Å². The molecule has 1 unspecified atom stereocenters. The maximum absolute atomic E-state index is 13.0. The summed E-state index contributed by atoms with van der Waals surface area (Å²) in [6, 6.07) is 5.64. The Morgan fingerprint density at radius 3 is 2.96 bits per heavy atom. The monoisotopic (exact) mass is 381 g/mol. The number of aryl methyl sites for hydroxylation is 1. The van der Waals surface area contributed by atoms with Crippen LogP contribution in [0.3, 0.4) is 0 Å². The summed E-state index contributed by atoms with van der Waals surface area (Å²) in [5, 5.41) is 0.848. The molecule has 1 aromatic heterocycles. The fraction of sp³-hybridized carbons (Fsp3) is 0.450. The maximum atomic E-state index is 13.0. The van der Waals surface area contributed by atoms with Crippen LogP contribution in [-0.2, 0) is 22.4 Å². The molecule has 0 radical (unpaired) electrons. The Kier molecular flexibility index (Phi) is 4.27. The zero-order valence-corrected chi connectivity index (χ0v) is 15.6. The van der Waals surface area contributed by atoms with Crippen LogP contribution in [-0.4, -0.2) is 45.9 Å². The van der Waals surface area contributed by atoms with Crippen LogP contribution < -0.4 is 5.56 Å². The van der Waals surface area contributed by atoms with E-state index in [1.54, 1.807) is 16.3 Å². The largest absolute Gasteiger partial charge is 0.347 e. The minimum atomic E-state index is -0.552. The lowest BCUT2D eigenvalue weighted by molar-refractivity contribution is -0.165. The summed E-state index contributed by atoms with van der Waals surface area (Å²) in [5.41, 5.74) is 3.43. The lowest BCUT2D eigenvalue weighted by Crippen LogP contribution is -2.31. The topological polar surface area (TPSA) is 65.7 Å². The molecular weight excluding hydrogens is 362 g/mol. The van der Waals surface area contributed by atoms with E-state index >= 15 is 0 Å². The first kappa shape index (κ1) is 17.0. The van der Waals surface area contributed by atoms with Crippen molar-refractivity contribution in [2.75, 3.05) is 19.8 Å². The van der Waals surface area contributed by atoms with Gasteiger partial charge in [0.15, 0.2) is 5.79 Å². The summed E-state index contributed by atoms with van der Waals surface area (Å²) in [6.07, 6.45) is 2.07. The summed E-state index contributed by atoms with van der Waals surface area (Å²) in [7, 11) is 0. The van der Waals surface area contributed by atoms with Crippen molar-refractivity contribution in [1.29, 1.82) is 0 Å². The van der Waals surface area contributed by atoms with E-state index in [2.05, 4.69) is 16.8 Å². The van der Waals surface area contributed by atoms with E-state index in [-0.39, 0.29) is 10.8 Å². The molecule has 1 aromatic carbocycles. The first-order valence-electron chi connectivity index (χ1n) is 9.19. The van der Waals surface area contributed by atoms with Crippen molar-refractivity contribution in [2.24, 2.45) is 4.99 Å². The summed E-state index contributed by atoms with van der Waals surface area (Å²) >= 11 is 1.64. The molecule has 1 fully saturated rings. The number of hydrogen-bond acceptors (Lipinski definition) is 6. The zero-order valence-electron chi connectivity index (χ0n) is 14.8. The van der Waals surface area contributed by atoms with Gasteiger partial charge in [-0.1, -0.05) is 23.6 Å². The number of aliphatic imine (C=N–C) groups is 1. The molecule has 1 atom stereocenters. The molecule has 27 heavy (non-hydrogen) atoms. The highest BCUT2D eigenvalue weighted by molar-refractivity contribution is 8.13. The van der Waals surface area contributed by atoms with Crippen LogP contribution in [0, 0.1) is 11.8 Å². The number of nitrogens with zero attached hydrogens (tertiary/aromatic N) is 3. The SMILES string of the molecule is O=c1c2ccc(C#CC3CN=CS3)cc2nc2n1CCC1(CC2)OCCO1. The highest BCUT2D eigenvalue weighted by atomic mass is 32.2. The van der Waals surface area contributed by atoms with Gasteiger partial charge in [-0.25, -0.2) is 4.98 Å².